The minimum Gasteiger partial charge on any atom is -0.785 e. The lowest BCUT2D eigenvalue weighted by molar-refractivity contribution is 0.568. The third-order valence-corrected chi connectivity index (χ3v) is 0. The van der Waals surface area contributed by atoms with Crippen LogP contribution in [0.4, 0.5) is 0 Å². The molecule has 0 amide bonds. The van der Waals surface area contributed by atoms with Crippen molar-refractivity contribution in [1.82, 2.24) is 5.06 Å². The van der Waals surface area contributed by atoms with Crippen LogP contribution in [0.25, 0.3) is 0 Å². The molecule has 0 fully saturated rings. The van der Waals surface area contributed by atoms with Crippen molar-refractivity contribution in [3.05, 3.63) is 5.21 Å². The molecule has 0 aliphatic carbocycles. The average Bonchev–Trinajstić information content (AvgIpc) is 0.811. The second kappa shape index (κ2) is 1.26. The summed E-state index contributed by atoms with van der Waals surface area (Å²) in [6.45, 7) is 0. The van der Waals surface area contributed by atoms with E-state index in [1.54, 1.807) is 0 Å². The fourth-order valence-corrected chi connectivity index (χ4v) is 0. The summed E-state index contributed by atoms with van der Waals surface area (Å²) in [5.41, 5.74) is 0. The predicted molar refractivity (Wildman–Crippen MR) is 17.1 cm³/mol. The van der Waals surface area contributed by atoms with E-state index in [9.17, 15) is 5.21 Å². The highest BCUT2D eigenvalue weighted by Crippen LogP contribution is 1.52. The zero-order valence-electron chi connectivity index (χ0n) is 2.86. The Morgan fingerprint density at radius 3 is 1.50 bits per heavy atom. The first kappa shape index (κ1) is 3.92. The number of rotatable bonds is 0. The van der Waals surface area contributed by atoms with Gasteiger partial charge in [-0.25, -0.2) is 0 Å². The molecular weight excluding hydrogens is 54.0 g/mol. The van der Waals surface area contributed by atoms with E-state index in [2.05, 4.69) is 0 Å². The number of nitrogens with zero attached hydrogens (tertiary/aromatic N) is 1. The van der Waals surface area contributed by atoms with Crippen molar-refractivity contribution in [3.8, 4) is 0 Å². The monoisotopic (exact) mass is 60.0 g/mol. The van der Waals surface area contributed by atoms with E-state index in [0.29, 0.717) is 0 Å². The van der Waals surface area contributed by atoms with Gasteiger partial charge in [-0.1, -0.05) is 0 Å². The lowest BCUT2D eigenvalue weighted by atomic mass is 11.2. The molecule has 0 heterocycles. The largest absolute Gasteiger partial charge is 0.785 e. The van der Waals surface area contributed by atoms with Crippen LogP contribution in [0.5, 0.6) is 0 Å². The second-order valence-electron chi connectivity index (χ2n) is 0.812. The zero-order chi connectivity index (χ0) is 3.58. The summed E-state index contributed by atoms with van der Waals surface area (Å²) in [6.07, 6.45) is 0. The van der Waals surface area contributed by atoms with Crippen molar-refractivity contribution in [2.45, 2.75) is 0 Å². The molecule has 0 saturated carbocycles. The molecule has 0 unspecified atom stereocenters. The maximum atomic E-state index is 9.36. The summed E-state index contributed by atoms with van der Waals surface area (Å²) >= 11 is 0. The zero-order valence-corrected chi connectivity index (χ0v) is 2.86. The molecule has 0 N–H and O–H groups in total. The Kier molecular flexibility index (Phi) is 1.24. The van der Waals surface area contributed by atoms with Crippen LogP contribution in [0.15, 0.2) is 0 Å². The third kappa shape index (κ3) is 254. The van der Waals surface area contributed by atoms with Crippen molar-refractivity contribution in [1.29, 1.82) is 0 Å². The van der Waals surface area contributed by atoms with Crippen molar-refractivity contribution in [2.24, 2.45) is 0 Å². The smallest absolute Gasteiger partial charge is 0.0267 e. The molecule has 0 aliphatic rings. The van der Waals surface area contributed by atoms with Gasteiger partial charge in [0.05, 0.1) is 0 Å². The van der Waals surface area contributed by atoms with E-state index in [1.807, 2.05) is 0 Å². The van der Waals surface area contributed by atoms with Gasteiger partial charge >= 0.3 is 0 Å². The molecule has 0 aromatic rings. The first-order chi connectivity index (χ1) is 1.73. The fraction of sp³-hybridized carbons (Fsp3) is 1.00. The van der Waals surface area contributed by atoms with Crippen LogP contribution in [-0.2, 0) is 0 Å². The van der Waals surface area contributed by atoms with E-state index in [1.165, 1.54) is 14.1 Å². The molecule has 0 saturated heterocycles. The molecule has 0 spiro atoms. The van der Waals surface area contributed by atoms with Crippen molar-refractivity contribution < 1.29 is 0 Å². The molecule has 0 rings (SSSR count). The topological polar surface area (TPSA) is 26.3 Å². The Labute approximate surface area is 25.6 Å². The number of hydroxylamine groups is 2. The van der Waals surface area contributed by atoms with E-state index in [4.69, 9.17) is 0 Å². The van der Waals surface area contributed by atoms with E-state index >= 15 is 0 Å². The van der Waals surface area contributed by atoms with Crippen LogP contribution in [-0.4, -0.2) is 19.2 Å². The second-order valence-corrected chi connectivity index (χ2v) is 0.812. The average molecular weight is 60.1 g/mol. The minimum absolute atomic E-state index is 0.750. The standard InChI is InChI=1S/C2H6NO/c1-3(2)4/h1-2H3/q-1. The van der Waals surface area contributed by atoms with E-state index < -0.39 is 0 Å². The van der Waals surface area contributed by atoms with Gasteiger partial charge in [0.2, 0.25) is 0 Å². The Bertz CT molecular complexity index is 10.8. The highest BCUT2D eigenvalue weighted by molar-refractivity contribution is 4.27. The molecule has 2 heteroatoms. The lowest BCUT2D eigenvalue weighted by Crippen LogP contribution is -1.96. The minimum atomic E-state index is 0.750. The molecule has 0 aromatic carbocycles. The number of hydrogen-bond acceptors (Lipinski definition) is 2. The van der Waals surface area contributed by atoms with Gasteiger partial charge in [-0.05, 0) is 14.1 Å². The SMILES string of the molecule is CN(C)[O-]. The van der Waals surface area contributed by atoms with Crippen LogP contribution in [0, 0.1) is 5.21 Å². The summed E-state index contributed by atoms with van der Waals surface area (Å²) in [5, 5.41) is 10.1. The molecule has 0 bridgehead atoms. The van der Waals surface area contributed by atoms with Crippen LogP contribution >= 0.6 is 0 Å². The summed E-state index contributed by atoms with van der Waals surface area (Å²) in [4.78, 5) is 0. The first-order valence-corrected chi connectivity index (χ1v) is 1.08. The third-order valence-electron chi connectivity index (χ3n) is 0. The van der Waals surface area contributed by atoms with Gasteiger partial charge in [0.15, 0.2) is 0 Å². The van der Waals surface area contributed by atoms with Crippen molar-refractivity contribution in [2.75, 3.05) is 14.1 Å². The van der Waals surface area contributed by atoms with Gasteiger partial charge in [0.25, 0.3) is 0 Å². The molecule has 4 heavy (non-hydrogen) atoms. The molecule has 2 nitrogen and oxygen atoms in total. The molecule has 0 atom stereocenters. The van der Waals surface area contributed by atoms with Gasteiger partial charge in [-0.2, -0.15) is 0 Å². The van der Waals surface area contributed by atoms with Crippen LogP contribution in [0.1, 0.15) is 0 Å². The quantitative estimate of drug-likeness (QED) is 0.369. The van der Waals surface area contributed by atoms with Crippen LogP contribution < -0.4 is 0 Å². The van der Waals surface area contributed by atoms with E-state index in [0.717, 1.165) is 5.06 Å². The predicted octanol–water partition coefficient (Wildman–Crippen LogP) is 0.0458. The van der Waals surface area contributed by atoms with Gasteiger partial charge in [0.1, 0.15) is 0 Å². The summed E-state index contributed by atoms with van der Waals surface area (Å²) in [5.74, 6) is 0. The Balaban J connectivity index is 2.32. The Hall–Kier alpha value is -0.0800. The van der Waals surface area contributed by atoms with Crippen molar-refractivity contribution >= 4 is 0 Å². The van der Waals surface area contributed by atoms with Crippen molar-refractivity contribution in [3.63, 3.8) is 0 Å². The molecule has 0 aromatic heterocycles. The van der Waals surface area contributed by atoms with Gasteiger partial charge in [0, 0.05) is 0 Å². The van der Waals surface area contributed by atoms with Gasteiger partial charge in [-0.3, -0.25) is 0 Å². The maximum Gasteiger partial charge on any atom is -0.0267 e. The molecular formula is C2H6NO-. The molecule has 0 aliphatic heterocycles. The van der Waals surface area contributed by atoms with Gasteiger partial charge in [-0.15, -0.1) is 0 Å². The van der Waals surface area contributed by atoms with Gasteiger partial charge < -0.3 is 10.3 Å². The van der Waals surface area contributed by atoms with Crippen LogP contribution in [0.3, 0.4) is 0 Å². The Morgan fingerprint density at radius 1 is 1.50 bits per heavy atom. The molecule has 26 valence electrons. The first-order valence-electron chi connectivity index (χ1n) is 1.08. The normalized spacial score (nSPS) is 9.00. The van der Waals surface area contributed by atoms with Crippen LogP contribution in [0.2, 0.25) is 0 Å². The highest BCUT2D eigenvalue weighted by atomic mass is 16.5. The Morgan fingerprint density at radius 2 is 1.50 bits per heavy atom. The maximum absolute atomic E-state index is 9.36. The summed E-state index contributed by atoms with van der Waals surface area (Å²) < 4.78 is 0. The fourth-order valence-electron chi connectivity index (χ4n) is 0. The number of hydrogen-bond donors (Lipinski definition) is 0. The molecule has 0 radical (unpaired) electrons. The summed E-state index contributed by atoms with van der Waals surface area (Å²) in [6, 6.07) is 0. The lowest BCUT2D eigenvalue weighted by Gasteiger charge is -2.11. The van der Waals surface area contributed by atoms with E-state index in [-0.39, 0.29) is 0 Å². The highest BCUT2D eigenvalue weighted by Gasteiger charge is 1.43. The summed E-state index contributed by atoms with van der Waals surface area (Å²) in [7, 11) is 2.89.